The largest absolute Gasteiger partial charge is 0.454 e. The van der Waals surface area contributed by atoms with Crippen LogP contribution in [-0.2, 0) is 6.54 Å². The maximum absolute atomic E-state index is 12.2. The molecule has 1 aromatic heterocycles. The monoisotopic (exact) mass is 328 g/mol. The molecule has 1 aromatic carbocycles. The van der Waals surface area contributed by atoms with E-state index in [9.17, 15) is 4.79 Å². The Morgan fingerprint density at radius 1 is 1.21 bits per heavy atom. The van der Waals surface area contributed by atoms with E-state index in [0.717, 1.165) is 30.7 Å². The number of anilines is 1. The maximum Gasteiger partial charge on any atom is 0.254 e. The third kappa shape index (κ3) is 3.92. The number of unbranched alkanes of at least 4 members (excludes halogenated alkanes) is 1. The first kappa shape index (κ1) is 16.0. The molecule has 1 amide bonds. The average Bonchev–Trinajstić information content (AvgIpc) is 3.08. The number of amides is 1. The summed E-state index contributed by atoms with van der Waals surface area (Å²) in [6.45, 7) is 3.58. The van der Waals surface area contributed by atoms with Gasteiger partial charge in [-0.25, -0.2) is 9.97 Å². The fraction of sp³-hybridized carbons (Fsp3) is 0.353. The minimum atomic E-state index is -0.215. The molecule has 0 spiro atoms. The topological polar surface area (TPSA) is 85.4 Å². The normalized spacial score (nSPS) is 12.0. The number of nitrogens with one attached hydrogen (secondary N) is 2. The summed E-state index contributed by atoms with van der Waals surface area (Å²) in [7, 11) is 0. The highest BCUT2D eigenvalue weighted by Gasteiger charge is 2.14. The van der Waals surface area contributed by atoms with Gasteiger partial charge >= 0.3 is 0 Å². The van der Waals surface area contributed by atoms with Crippen molar-refractivity contribution in [2.24, 2.45) is 0 Å². The highest BCUT2D eigenvalue weighted by molar-refractivity contribution is 5.93. The molecular weight excluding hydrogens is 308 g/mol. The minimum absolute atomic E-state index is 0.215. The molecule has 0 fully saturated rings. The Morgan fingerprint density at radius 3 is 2.79 bits per heavy atom. The van der Waals surface area contributed by atoms with Crippen LogP contribution in [0, 0.1) is 0 Å². The van der Waals surface area contributed by atoms with Crippen molar-refractivity contribution < 1.29 is 14.3 Å². The van der Waals surface area contributed by atoms with Crippen LogP contribution in [0.15, 0.2) is 30.6 Å². The fourth-order valence-electron chi connectivity index (χ4n) is 2.25. The zero-order valence-corrected chi connectivity index (χ0v) is 13.5. The van der Waals surface area contributed by atoms with Crippen LogP contribution in [-0.4, -0.2) is 29.2 Å². The average molecular weight is 328 g/mol. The van der Waals surface area contributed by atoms with Gasteiger partial charge in [0.05, 0.1) is 5.56 Å². The zero-order chi connectivity index (χ0) is 16.8. The molecule has 0 saturated heterocycles. The number of carbonyl (C=O) groups is 1. The Morgan fingerprint density at radius 2 is 2.00 bits per heavy atom. The number of hydrogen-bond acceptors (Lipinski definition) is 6. The fourth-order valence-corrected chi connectivity index (χ4v) is 2.25. The van der Waals surface area contributed by atoms with Crippen molar-refractivity contribution in [3.8, 4) is 11.5 Å². The number of ether oxygens (including phenoxy) is 2. The first-order chi connectivity index (χ1) is 11.8. The molecule has 1 aliphatic heterocycles. The van der Waals surface area contributed by atoms with Gasteiger partial charge in [0.1, 0.15) is 0 Å². The van der Waals surface area contributed by atoms with Crippen molar-refractivity contribution in [1.29, 1.82) is 0 Å². The molecule has 0 atom stereocenters. The summed E-state index contributed by atoms with van der Waals surface area (Å²) >= 11 is 0. The molecule has 126 valence electrons. The van der Waals surface area contributed by atoms with Gasteiger partial charge in [0, 0.05) is 25.5 Å². The molecule has 0 saturated carbocycles. The second kappa shape index (κ2) is 7.63. The molecule has 3 rings (SSSR count). The van der Waals surface area contributed by atoms with Gasteiger partial charge in [-0.1, -0.05) is 19.4 Å². The zero-order valence-electron chi connectivity index (χ0n) is 13.5. The number of fused-ring (bicyclic) bond motifs is 1. The Bertz CT molecular complexity index is 703. The van der Waals surface area contributed by atoms with Gasteiger partial charge in [-0.2, -0.15) is 0 Å². The highest BCUT2D eigenvalue weighted by Crippen LogP contribution is 2.32. The van der Waals surface area contributed by atoms with Gasteiger partial charge in [0.2, 0.25) is 12.7 Å². The van der Waals surface area contributed by atoms with E-state index in [1.54, 1.807) is 0 Å². The van der Waals surface area contributed by atoms with Crippen LogP contribution in [0.1, 0.15) is 35.7 Å². The van der Waals surface area contributed by atoms with Gasteiger partial charge in [-0.05, 0) is 24.1 Å². The third-order valence-electron chi connectivity index (χ3n) is 3.62. The van der Waals surface area contributed by atoms with Crippen LogP contribution >= 0.6 is 0 Å². The van der Waals surface area contributed by atoms with E-state index in [-0.39, 0.29) is 12.7 Å². The predicted molar refractivity (Wildman–Crippen MR) is 89.2 cm³/mol. The Kier molecular flexibility index (Phi) is 5.10. The Labute approximate surface area is 140 Å². The summed E-state index contributed by atoms with van der Waals surface area (Å²) in [6, 6.07) is 5.59. The van der Waals surface area contributed by atoms with Crippen LogP contribution in [0.4, 0.5) is 5.95 Å². The van der Waals surface area contributed by atoms with Crippen LogP contribution in [0.2, 0.25) is 0 Å². The van der Waals surface area contributed by atoms with E-state index >= 15 is 0 Å². The third-order valence-corrected chi connectivity index (χ3v) is 3.62. The van der Waals surface area contributed by atoms with Crippen molar-refractivity contribution in [2.75, 3.05) is 18.7 Å². The lowest BCUT2D eigenvalue weighted by Gasteiger charge is -2.07. The van der Waals surface area contributed by atoms with E-state index in [1.165, 1.54) is 12.4 Å². The number of rotatable bonds is 7. The first-order valence-corrected chi connectivity index (χ1v) is 7.99. The Balaban J connectivity index is 1.53. The maximum atomic E-state index is 12.2. The van der Waals surface area contributed by atoms with E-state index in [1.807, 2.05) is 18.2 Å². The first-order valence-electron chi connectivity index (χ1n) is 7.99. The summed E-state index contributed by atoms with van der Waals surface area (Å²) in [5.74, 6) is 1.75. The standard InChI is InChI=1S/C17H20N4O3/c1-2-3-6-18-17-20-9-13(10-21-17)16(22)19-8-12-4-5-14-15(7-12)24-11-23-14/h4-5,7,9-10H,2-3,6,8,11H2,1H3,(H,19,22)(H,18,20,21). The lowest BCUT2D eigenvalue weighted by atomic mass is 10.2. The second-order valence-corrected chi connectivity index (χ2v) is 5.45. The predicted octanol–water partition coefficient (Wildman–Crippen LogP) is 2.35. The quantitative estimate of drug-likeness (QED) is 0.759. The van der Waals surface area contributed by atoms with Crippen molar-refractivity contribution in [2.45, 2.75) is 26.3 Å². The van der Waals surface area contributed by atoms with Crippen LogP contribution in [0.25, 0.3) is 0 Å². The summed E-state index contributed by atoms with van der Waals surface area (Å²) in [6.07, 6.45) is 5.21. The lowest BCUT2D eigenvalue weighted by molar-refractivity contribution is 0.0950. The van der Waals surface area contributed by atoms with Gasteiger partial charge < -0.3 is 20.1 Å². The van der Waals surface area contributed by atoms with Gasteiger partial charge in [-0.3, -0.25) is 4.79 Å². The molecule has 2 N–H and O–H groups in total. The molecule has 7 nitrogen and oxygen atoms in total. The Hall–Kier alpha value is -2.83. The van der Waals surface area contributed by atoms with E-state index in [2.05, 4.69) is 27.5 Å². The SMILES string of the molecule is CCCCNc1ncc(C(=O)NCc2ccc3c(c2)OCO3)cn1. The number of carbonyl (C=O) groups excluding carboxylic acids is 1. The van der Waals surface area contributed by atoms with Crippen LogP contribution in [0.3, 0.4) is 0 Å². The molecular formula is C17H20N4O3. The van der Waals surface area contributed by atoms with Crippen molar-refractivity contribution in [1.82, 2.24) is 15.3 Å². The summed E-state index contributed by atoms with van der Waals surface area (Å²) in [5.41, 5.74) is 1.36. The van der Waals surface area contributed by atoms with Crippen molar-refractivity contribution in [3.05, 3.63) is 41.7 Å². The van der Waals surface area contributed by atoms with Crippen molar-refractivity contribution in [3.63, 3.8) is 0 Å². The summed E-state index contributed by atoms with van der Waals surface area (Å²) < 4.78 is 10.6. The molecule has 2 aromatic rings. The number of benzene rings is 1. The highest BCUT2D eigenvalue weighted by atomic mass is 16.7. The summed E-state index contributed by atoms with van der Waals surface area (Å²) in [5, 5.41) is 5.96. The van der Waals surface area contributed by atoms with Gasteiger partial charge in [0.15, 0.2) is 11.5 Å². The van der Waals surface area contributed by atoms with E-state index in [4.69, 9.17) is 9.47 Å². The number of aromatic nitrogens is 2. The lowest BCUT2D eigenvalue weighted by Crippen LogP contribution is -2.23. The molecule has 2 heterocycles. The molecule has 7 heteroatoms. The van der Waals surface area contributed by atoms with Gasteiger partial charge in [0.25, 0.3) is 5.91 Å². The number of hydrogen-bond donors (Lipinski definition) is 2. The smallest absolute Gasteiger partial charge is 0.254 e. The number of nitrogens with zero attached hydrogens (tertiary/aromatic N) is 2. The van der Waals surface area contributed by atoms with E-state index in [0.29, 0.717) is 23.8 Å². The van der Waals surface area contributed by atoms with Gasteiger partial charge in [-0.15, -0.1) is 0 Å². The molecule has 24 heavy (non-hydrogen) atoms. The molecule has 0 unspecified atom stereocenters. The van der Waals surface area contributed by atoms with E-state index < -0.39 is 0 Å². The summed E-state index contributed by atoms with van der Waals surface area (Å²) in [4.78, 5) is 20.5. The minimum Gasteiger partial charge on any atom is -0.454 e. The molecule has 0 bridgehead atoms. The second-order valence-electron chi connectivity index (χ2n) is 5.45. The van der Waals surface area contributed by atoms with Crippen LogP contribution < -0.4 is 20.1 Å². The molecule has 0 aliphatic carbocycles. The van der Waals surface area contributed by atoms with Crippen molar-refractivity contribution >= 4 is 11.9 Å². The molecule has 0 radical (unpaired) electrons. The van der Waals surface area contributed by atoms with Crippen LogP contribution in [0.5, 0.6) is 11.5 Å². The molecule has 1 aliphatic rings.